The first kappa shape index (κ1) is 24.2. The Bertz CT molecular complexity index is 1090. The van der Waals surface area contributed by atoms with Crippen molar-refractivity contribution in [3.63, 3.8) is 0 Å². The highest BCUT2D eigenvalue weighted by Gasteiger charge is 2.60. The average molecular weight is 509 g/mol. The maximum atomic E-state index is 12.7. The topological polar surface area (TPSA) is 77.7 Å². The number of likely N-dealkylation sites (tertiary alicyclic amines) is 1. The summed E-state index contributed by atoms with van der Waals surface area (Å²) in [7, 11) is 1.53. The Morgan fingerprint density at radius 2 is 1.83 bits per heavy atom. The molecule has 7 heteroatoms. The van der Waals surface area contributed by atoms with Crippen LogP contribution in [-0.4, -0.2) is 48.5 Å². The molecule has 0 amide bonds. The van der Waals surface area contributed by atoms with Gasteiger partial charge in [-0.1, -0.05) is 23.7 Å². The molecule has 5 aliphatic carbocycles. The van der Waals surface area contributed by atoms with Gasteiger partial charge in [0.15, 0.2) is 0 Å². The number of ether oxygens (including phenoxy) is 1. The van der Waals surface area contributed by atoms with Gasteiger partial charge in [-0.25, -0.2) is 0 Å². The lowest BCUT2D eigenvalue weighted by Gasteiger charge is -2.59. The predicted octanol–water partition coefficient (Wildman–Crippen LogP) is 4.99. The van der Waals surface area contributed by atoms with Gasteiger partial charge in [-0.05, 0) is 106 Å². The maximum Gasteiger partial charge on any atom is 0.311 e. The van der Waals surface area contributed by atoms with Gasteiger partial charge in [0.1, 0.15) is 5.84 Å². The highest BCUT2D eigenvalue weighted by Crippen LogP contribution is 2.60. The monoisotopic (exact) mass is 508 g/mol. The summed E-state index contributed by atoms with van der Waals surface area (Å²) in [6.07, 6.45) is 8.38. The molecule has 1 saturated heterocycles. The van der Waals surface area contributed by atoms with Crippen molar-refractivity contribution in [2.45, 2.75) is 69.9 Å². The molecule has 1 aliphatic heterocycles. The number of rotatable bonds is 5. The zero-order chi connectivity index (χ0) is 25.2. The zero-order valence-corrected chi connectivity index (χ0v) is 22.3. The largest absolute Gasteiger partial charge is 0.469 e. The highest BCUT2D eigenvalue weighted by atomic mass is 35.5. The summed E-state index contributed by atoms with van der Waals surface area (Å²) >= 11 is 6.11. The number of nitriles is 1. The SMILES string of the molecule is COC(=O)C12CC3CC(C1)C(N/C(=N/C#N)C(C)(C)N1C[C@@H]4C[C@@H](c5ccc(Cl)cc5)[C@@H]4C1)C(C3)C2. The van der Waals surface area contributed by atoms with Crippen molar-refractivity contribution in [3.8, 4) is 6.19 Å². The molecule has 1 aromatic rings. The number of hydrogen-bond acceptors (Lipinski definition) is 5. The number of methoxy groups -OCH3 is 1. The highest BCUT2D eigenvalue weighted by molar-refractivity contribution is 6.30. The number of halogens is 1. The van der Waals surface area contributed by atoms with E-state index in [4.69, 9.17) is 16.3 Å². The van der Waals surface area contributed by atoms with Crippen LogP contribution in [0.1, 0.15) is 63.9 Å². The Hall–Kier alpha value is -2.10. The van der Waals surface area contributed by atoms with E-state index in [9.17, 15) is 10.1 Å². The smallest absolute Gasteiger partial charge is 0.311 e. The first-order valence-corrected chi connectivity index (χ1v) is 13.9. The van der Waals surface area contributed by atoms with Crippen LogP contribution in [0.15, 0.2) is 29.3 Å². The number of nitrogens with zero attached hydrogens (tertiary/aromatic N) is 3. The number of carbonyl (C=O) groups is 1. The van der Waals surface area contributed by atoms with Crippen molar-refractivity contribution in [2.24, 2.45) is 40.0 Å². The molecule has 6 fully saturated rings. The molecule has 5 saturated carbocycles. The normalized spacial score (nSPS) is 39.3. The second kappa shape index (κ2) is 8.74. The third kappa shape index (κ3) is 3.77. The van der Waals surface area contributed by atoms with Crippen LogP contribution in [-0.2, 0) is 9.53 Å². The molecule has 192 valence electrons. The number of carbonyl (C=O) groups excluding carboxylic acids is 1. The lowest BCUT2D eigenvalue weighted by atomic mass is 9.48. The van der Waals surface area contributed by atoms with Gasteiger partial charge in [-0.15, -0.1) is 0 Å². The number of fused-ring (bicyclic) bond motifs is 1. The third-order valence-electron chi connectivity index (χ3n) is 10.6. The van der Waals surface area contributed by atoms with Crippen LogP contribution in [0.5, 0.6) is 0 Å². The molecular formula is C29H37ClN4O2. The fourth-order valence-electron chi connectivity index (χ4n) is 8.89. The van der Waals surface area contributed by atoms with E-state index in [1.54, 1.807) is 0 Å². The summed E-state index contributed by atoms with van der Waals surface area (Å²) in [5.74, 6) is 4.15. The fraction of sp³-hybridized carbons (Fsp3) is 0.690. The number of amidine groups is 1. The van der Waals surface area contributed by atoms with Crippen molar-refractivity contribution in [1.82, 2.24) is 10.2 Å². The lowest BCUT2D eigenvalue weighted by Crippen LogP contribution is -2.64. The van der Waals surface area contributed by atoms with Gasteiger partial charge < -0.3 is 10.1 Å². The minimum absolute atomic E-state index is 0.0191. The Morgan fingerprint density at radius 1 is 1.14 bits per heavy atom. The minimum Gasteiger partial charge on any atom is -0.469 e. The number of hydrogen-bond donors (Lipinski definition) is 1. The number of aliphatic imine (C=N–C) groups is 1. The lowest BCUT2D eigenvalue weighted by molar-refractivity contribution is -0.170. The molecular weight excluding hydrogens is 472 g/mol. The van der Waals surface area contributed by atoms with Crippen LogP contribution in [0.4, 0.5) is 0 Å². The Morgan fingerprint density at radius 3 is 2.47 bits per heavy atom. The van der Waals surface area contributed by atoms with Crippen molar-refractivity contribution >= 4 is 23.4 Å². The number of nitrogens with one attached hydrogen (secondary N) is 1. The molecule has 7 rings (SSSR count). The van der Waals surface area contributed by atoms with Gasteiger partial charge in [-0.2, -0.15) is 10.3 Å². The van der Waals surface area contributed by atoms with Crippen LogP contribution >= 0.6 is 11.6 Å². The Labute approximate surface area is 219 Å². The zero-order valence-electron chi connectivity index (χ0n) is 21.5. The van der Waals surface area contributed by atoms with E-state index in [1.165, 1.54) is 19.1 Å². The Balaban J connectivity index is 1.17. The quantitative estimate of drug-likeness (QED) is 0.262. The summed E-state index contributed by atoms with van der Waals surface area (Å²) in [6, 6.07) is 8.62. The van der Waals surface area contributed by atoms with E-state index >= 15 is 0 Å². The van der Waals surface area contributed by atoms with Crippen LogP contribution in [0, 0.1) is 46.5 Å². The Kier molecular flexibility index (Phi) is 5.89. The fourth-order valence-corrected chi connectivity index (χ4v) is 9.01. The molecule has 0 spiro atoms. The summed E-state index contributed by atoms with van der Waals surface area (Å²) in [5.41, 5.74) is 0.736. The molecule has 1 aromatic carbocycles. The summed E-state index contributed by atoms with van der Waals surface area (Å²) in [6.45, 7) is 6.48. The van der Waals surface area contributed by atoms with Gasteiger partial charge in [0.25, 0.3) is 0 Å². The summed E-state index contributed by atoms with van der Waals surface area (Å²) in [5, 5.41) is 14.2. The van der Waals surface area contributed by atoms with Crippen LogP contribution < -0.4 is 5.32 Å². The van der Waals surface area contributed by atoms with Gasteiger partial charge >= 0.3 is 5.97 Å². The molecule has 1 N–H and O–H groups in total. The van der Waals surface area contributed by atoms with E-state index in [0.29, 0.717) is 35.5 Å². The molecule has 4 bridgehead atoms. The first-order chi connectivity index (χ1) is 17.2. The summed E-state index contributed by atoms with van der Waals surface area (Å²) in [4.78, 5) is 19.6. The number of benzene rings is 1. The molecule has 2 unspecified atom stereocenters. The molecule has 0 aromatic heterocycles. The molecule has 5 atom stereocenters. The second-order valence-corrected chi connectivity index (χ2v) is 13.2. The molecule has 6 nitrogen and oxygen atoms in total. The average Bonchev–Trinajstić information content (AvgIpc) is 3.18. The standard InChI is InChI=1S/C29H37ClN4O2/c1-28(2,34-14-21-10-23(24(21)15-34)18-4-6-22(30)7-5-18)26(32-16-31)33-25-19-8-17-9-20(25)13-29(11-17,12-19)27(35)36-3/h4-7,17,19-21,23-25H,8-15H2,1-3H3,(H,32,33)/t17?,19?,20?,21-,23-,24+,25?,29?/m0/s1. The maximum absolute atomic E-state index is 12.7. The first-order valence-electron chi connectivity index (χ1n) is 13.6. The van der Waals surface area contributed by atoms with Crippen LogP contribution in [0.25, 0.3) is 0 Å². The van der Waals surface area contributed by atoms with E-state index in [0.717, 1.165) is 56.1 Å². The predicted molar refractivity (Wildman–Crippen MR) is 139 cm³/mol. The van der Waals surface area contributed by atoms with Crippen LogP contribution in [0.2, 0.25) is 5.02 Å². The van der Waals surface area contributed by atoms with Gasteiger partial charge in [-0.3, -0.25) is 9.69 Å². The van der Waals surface area contributed by atoms with E-state index in [-0.39, 0.29) is 23.0 Å². The van der Waals surface area contributed by atoms with Crippen molar-refractivity contribution < 1.29 is 9.53 Å². The molecule has 36 heavy (non-hydrogen) atoms. The van der Waals surface area contributed by atoms with Gasteiger partial charge in [0.2, 0.25) is 6.19 Å². The second-order valence-electron chi connectivity index (χ2n) is 12.8. The minimum atomic E-state index is -0.355. The van der Waals surface area contributed by atoms with Crippen molar-refractivity contribution in [1.29, 1.82) is 5.26 Å². The van der Waals surface area contributed by atoms with E-state index < -0.39 is 0 Å². The molecule has 1 heterocycles. The van der Waals surface area contributed by atoms with E-state index in [2.05, 4.69) is 47.4 Å². The summed E-state index contributed by atoms with van der Waals surface area (Å²) < 4.78 is 5.24. The van der Waals surface area contributed by atoms with Gasteiger partial charge in [0.05, 0.1) is 18.1 Å². The number of esters is 1. The van der Waals surface area contributed by atoms with Crippen LogP contribution in [0.3, 0.4) is 0 Å². The van der Waals surface area contributed by atoms with E-state index in [1.807, 2.05) is 12.1 Å². The van der Waals surface area contributed by atoms with Gasteiger partial charge in [0, 0.05) is 24.2 Å². The third-order valence-corrected chi connectivity index (χ3v) is 10.8. The molecule has 0 radical (unpaired) electrons. The van der Waals surface area contributed by atoms with Crippen molar-refractivity contribution in [3.05, 3.63) is 34.9 Å². The molecule has 6 aliphatic rings. The van der Waals surface area contributed by atoms with Crippen molar-refractivity contribution in [2.75, 3.05) is 20.2 Å².